The third kappa shape index (κ3) is 9.16. The maximum absolute atomic E-state index is 12.2. The normalized spacial score (nSPS) is 20.1. The number of hydrogen-bond donors (Lipinski definition) is 0. The van der Waals surface area contributed by atoms with Gasteiger partial charge in [-0.15, -0.1) is 0 Å². The van der Waals surface area contributed by atoms with Crippen LogP contribution >= 0.6 is 0 Å². The molecule has 2 atom stereocenters. The van der Waals surface area contributed by atoms with Gasteiger partial charge in [0, 0.05) is 32.0 Å². The number of ether oxygens (including phenoxy) is 3. The van der Waals surface area contributed by atoms with Crippen molar-refractivity contribution in [2.24, 2.45) is 11.8 Å². The SMILES string of the molecule is CC(C)(C)OC(=O)CC[C@H]1CN(Cc2ccccc2)C[C@H]1COC(=O)OC(C)(C)C. The van der Waals surface area contributed by atoms with E-state index in [-0.39, 0.29) is 17.8 Å². The van der Waals surface area contributed by atoms with Crippen LogP contribution in [0.4, 0.5) is 4.79 Å². The van der Waals surface area contributed by atoms with Crippen LogP contribution in [0.2, 0.25) is 0 Å². The minimum absolute atomic E-state index is 0.156. The molecule has 0 radical (unpaired) electrons. The molecule has 1 aliphatic rings. The molecule has 0 amide bonds. The Morgan fingerprint density at radius 1 is 0.933 bits per heavy atom. The molecule has 0 N–H and O–H groups in total. The first-order valence-electron chi connectivity index (χ1n) is 10.8. The predicted octanol–water partition coefficient (Wildman–Crippen LogP) is 4.81. The molecular formula is C24H37NO5. The summed E-state index contributed by atoms with van der Waals surface area (Å²) in [7, 11) is 0. The highest BCUT2D eigenvalue weighted by Crippen LogP contribution is 2.29. The van der Waals surface area contributed by atoms with E-state index in [1.165, 1.54) is 5.56 Å². The molecule has 1 fully saturated rings. The lowest BCUT2D eigenvalue weighted by Crippen LogP contribution is -2.28. The fourth-order valence-electron chi connectivity index (χ4n) is 3.67. The summed E-state index contributed by atoms with van der Waals surface area (Å²) >= 11 is 0. The van der Waals surface area contributed by atoms with E-state index in [2.05, 4.69) is 17.0 Å². The molecule has 2 rings (SSSR count). The summed E-state index contributed by atoms with van der Waals surface area (Å²) in [6, 6.07) is 10.3. The first-order valence-corrected chi connectivity index (χ1v) is 10.8. The zero-order valence-electron chi connectivity index (χ0n) is 19.3. The van der Waals surface area contributed by atoms with Gasteiger partial charge in [-0.1, -0.05) is 30.3 Å². The highest BCUT2D eigenvalue weighted by molar-refractivity contribution is 5.69. The third-order valence-corrected chi connectivity index (χ3v) is 4.85. The van der Waals surface area contributed by atoms with Gasteiger partial charge in [-0.3, -0.25) is 9.69 Å². The Morgan fingerprint density at radius 3 is 2.13 bits per heavy atom. The minimum Gasteiger partial charge on any atom is -0.460 e. The van der Waals surface area contributed by atoms with Crippen LogP contribution in [0.25, 0.3) is 0 Å². The van der Waals surface area contributed by atoms with E-state index < -0.39 is 17.4 Å². The lowest BCUT2D eigenvalue weighted by molar-refractivity contribution is -0.155. The van der Waals surface area contributed by atoms with Gasteiger partial charge in [-0.25, -0.2) is 4.79 Å². The molecule has 0 aromatic heterocycles. The Kier molecular flexibility index (Phi) is 8.30. The lowest BCUT2D eigenvalue weighted by Gasteiger charge is -2.22. The molecule has 0 spiro atoms. The highest BCUT2D eigenvalue weighted by atomic mass is 16.7. The van der Waals surface area contributed by atoms with E-state index in [0.717, 1.165) is 19.6 Å². The summed E-state index contributed by atoms with van der Waals surface area (Å²) in [6.45, 7) is 13.9. The van der Waals surface area contributed by atoms with Gasteiger partial charge in [0.25, 0.3) is 0 Å². The fraction of sp³-hybridized carbons (Fsp3) is 0.667. The fourth-order valence-corrected chi connectivity index (χ4v) is 3.67. The summed E-state index contributed by atoms with van der Waals surface area (Å²) in [4.78, 5) is 26.5. The molecule has 0 aliphatic carbocycles. The molecule has 6 heteroatoms. The van der Waals surface area contributed by atoms with Crippen LogP contribution in [0.5, 0.6) is 0 Å². The Morgan fingerprint density at radius 2 is 1.53 bits per heavy atom. The maximum atomic E-state index is 12.2. The van der Waals surface area contributed by atoms with Crippen LogP contribution < -0.4 is 0 Å². The second-order valence-corrected chi connectivity index (χ2v) is 10.1. The second-order valence-electron chi connectivity index (χ2n) is 10.1. The first-order chi connectivity index (χ1) is 13.9. The topological polar surface area (TPSA) is 65.1 Å². The first kappa shape index (κ1) is 24.2. The molecular weight excluding hydrogens is 382 g/mol. The van der Waals surface area contributed by atoms with E-state index in [1.54, 1.807) is 0 Å². The zero-order valence-corrected chi connectivity index (χ0v) is 19.3. The molecule has 168 valence electrons. The van der Waals surface area contributed by atoms with E-state index in [9.17, 15) is 9.59 Å². The number of rotatable bonds is 7. The van der Waals surface area contributed by atoms with Crippen LogP contribution in [0.1, 0.15) is 59.9 Å². The van der Waals surface area contributed by atoms with Crippen molar-refractivity contribution in [1.29, 1.82) is 0 Å². The molecule has 1 saturated heterocycles. The van der Waals surface area contributed by atoms with E-state index in [0.29, 0.717) is 19.4 Å². The Hall–Kier alpha value is -2.08. The monoisotopic (exact) mass is 419 g/mol. The van der Waals surface area contributed by atoms with Gasteiger partial charge in [0.1, 0.15) is 11.2 Å². The Bertz CT molecular complexity index is 650. The van der Waals surface area contributed by atoms with Crippen molar-refractivity contribution < 1.29 is 23.8 Å². The van der Waals surface area contributed by atoms with E-state index in [4.69, 9.17) is 14.2 Å². The van der Waals surface area contributed by atoms with Crippen LogP contribution in [-0.4, -0.2) is 47.9 Å². The number of esters is 1. The van der Waals surface area contributed by atoms with Crippen LogP contribution in [0.3, 0.4) is 0 Å². The molecule has 0 bridgehead atoms. The van der Waals surface area contributed by atoms with Crippen molar-refractivity contribution in [3.8, 4) is 0 Å². The molecule has 1 heterocycles. The van der Waals surface area contributed by atoms with Crippen LogP contribution in [0, 0.1) is 11.8 Å². The van der Waals surface area contributed by atoms with E-state index >= 15 is 0 Å². The van der Waals surface area contributed by atoms with Gasteiger partial charge < -0.3 is 14.2 Å². The number of likely N-dealkylation sites (tertiary alicyclic amines) is 1. The minimum atomic E-state index is -0.644. The van der Waals surface area contributed by atoms with Crippen LogP contribution in [0.15, 0.2) is 30.3 Å². The molecule has 0 saturated carbocycles. The quantitative estimate of drug-likeness (QED) is 0.591. The van der Waals surface area contributed by atoms with Gasteiger partial charge in [0.15, 0.2) is 0 Å². The van der Waals surface area contributed by atoms with Gasteiger partial charge >= 0.3 is 12.1 Å². The molecule has 1 aromatic carbocycles. The zero-order chi connectivity index (χ0) is 22.4. The van der Waals surface area contributed by atoms with E-state index in [1.807, 2.05) is 59.7 Å². The standard InChI is InChI=1S/C24H37NO5/c1-23(2,3)29-21(26)13-12-19-15-25(14-18-10-8-7-9-11-18)16-20(19)17-28-22(27)30-24(4,5)6/h7-11,19-20H,12-17H2,1-6H3/t19-,20-/m0/s1. The number of benzene rings is 1. The van der Waals surface area contributed by atoms with Crippen molar-refractivity contribution in [3.63, 3.8) is 0 Å². The van der Waals surface area contributed by atoms with Gasteiger partial charge in [0.05, 0.1) is 6.61 Å². The summed E-state index contributed by atoms with van der Waals surface area (Å²) in [5, 5.41) is 0. The van der Waals surface area contributed by atoms with Crippen molar-refractivity contribution >= 4 is 12.1 Å². The smallest absolute Gasteiger partial charge is 0.460 e. The van der Waals surface area contributed by atoms with Crippen LogP contribution in [-0.2, 0) is 25.5 Å². The summed E-state index contributed by atoms with van der Waals surface area (Å²) < 4.78 is 16.1. The summed E-state index contributed by atoms with van der Waals surface area (Å²) in [6.07, 6.45) is 0.432. The largest absolute Gasteiger partial charge is 0.508 e. The summed E-state index contributed by atoms with van der Waals surface area (Å²) in [5.74, 6) is 0.225. The number of carbonyl (C=O) groups is 2. The predicted molar refractivity (Wildman–Crippen MR) is 116 cm³/mol. The Balaban J connectivity index is 1.94. The third-order valence-electron chi connectivity index (χ3n) is 4.85. The van der Waals surface area contributed by atoms with Gasteiger partial charge in [-0.2, -0.15) is 0 Å². The number of nitrogens with zero attached hydrogens (tertiary/aromatic N) is 1. The average molecular weight is 420 g/mol. The van der Waals surface area contributed by atoms with Crippen molar-refractivity contribution in [3.05, 3.63) is 35.9 Å². The second kappa shape index (κ2) is 10.3. The molecule has 1 aromatic rings. The lowest BCUT2D eigenvalue weighted by atomic mass is 9.92. The number of carbonyl (C=O) groups excluding carboxylic acids is 2. The highest BCUT2D eigenvalue weighted by Gasteiger charge is 2.34. The van der Waals surface area contributed by atoms with Crippen molar-refractivity contribution in [2.45, 2.75) is 72.1 Å². The maximum Gasteiger partial charge on any atom is 0.508 e. The molecule has 1 aliphatic heterocycles. The number of hydrogen-bond acceptors (Lipinski definition) is 6. The molecule has 30 heavy (non-hydrogen) atoms. The average Bonchev–Trinajstić information content (AvgIpc) is 2.98. The van der Waals surface area contributed by atoms with Crippen molar-refractivity contribution in [2.75, 3.05) is 19.7 Å². The molecule has 0 unspecified atom stereocenters. The Labute approximate surface area is 180 Å². The summed E-state index contributed by atoms with van der Waals surface area (Å²) in [5.41, 5.74) is 0.185. The van der Waals surface area contributed by atoms with Gasteiger partial charge in [-0.05, 0) is 59.4 Å². The molecule has 6 nitrogen and oxygen atoms in total. The van der Waals surface area contributed by atoms with Crippen molar-refractivity contribution in [1.82, 2.24) is 4.90 Å². The van der Waals surface area contributed by atoms with Gasteiger partial charge in [0.2, 0.25) is 0 Å².